The molecule has 9 heteroatoms. The molecule has 1 heterocycles. The van der Waals surface area contributed by atoms with Gasteiger partial charge >= 0.3 is 0 Å². The van der Waals surface area contributed by atoms with E-state index < -0.39 is 28.8 Å². The van der Waals surface area contributed by atoms with Gasteiger partial charge in [0.1, 0.15) is 5.75 Å². The van der Waals surface area contributed by atoms with Crippen LogP contribution in [-0.2, 0) is 9.59 Å². The van der Waals surface area contributed by atoms with Gasteiger partial charge in [0.25, 0.3) is 11.1 Å². The minimum absolute atomic E-state index is 0.155. The predicted octanol–water partition coefficient (Wildman–Crippen LogP) is 4.76. The minimum atomic E-state index is -1.59. The molecule has 35 heavy (non-hydrogen) atoms. The number of nitriles is 1. The van der Waals surface area contributed by atoms with Crippen LogP contribution >= 0.6 is 11.8 Å². The van der Waals surface area contributed by atoms with E-state index >= 15 is 0 Å². The van der Waals surface area contributed by atoms with Crippen molar-refractivity contribution in [2.75, 3.05) is 5.32 Å². The number of Topliss-reactive ketones (excluding diaryl/α,β-unsaturated/α-hetero) is 1. The van der Waals surface area contributed by atoms with E-state index in [1.807, 2.05) is 18.2 Å². The van der Waals surface area contributed by atoms with E-state index in [-0.39, 0.29) is 10.5 Å². The molecule has 0 radical (unpaired) electrons. The van der Waals surface area contributed by atoms with Gasteiger partial charge < -0.3 is 10.1 Å². The van der Waals surface area contributed by atoms with E-state index in [2.05, 4.69) is 10.6 Å². The maximum absolute atomic E-state index is 12.9. The van der Waals surface area contributed by atoms with Crippen LogP contribution in [0.3, 0.4) is 0 Å². The van der Waals surface area contributed by atoms with Crippen LogP contribution in [0.1, 0.15) is 15.9 Å². The molecule has 1 atom stereocenters. The van der Waals surface area contributed by atoms with Crippen LogP contribution in [-0.4, -0.2) is 22.8 Å². The summed E-state index contributed by atoms with van der Waals surface area (Å²) in [6.07, 6.45) is 1.51. The Bertz CT molecular complexity index is 1380. The quantitative estimate of drug-likeness (QED) is 0.282. The first kappa shape index (κ1) is 23.5. The van der Waals surface area contributed by atoms with Crippen molar-refractivity contribution in [3.63, 3.8) is 0 Å². The minimum Gasteiger partial charge on any atom is -0.455 e. The number of thioether (sulfide) groups is 1. The van der Waals surface area contributed by atoms with Gasteiger partial charge in [-0.15, -0.1) is 0 Å². The number of imide groups is 1. The summed E-state index contributed by atoms with van der Waals surface area (Å²) in [5.41, 5.74) is 1.05. The molecule has 0 aromatic heterocycles. The first-order chi connectivity index (χ1) is 16.9. The Hall–Kier alpha value is -4.68. The van der Waals surface area contributed by atoms with Crippen LogP contribution in [0.5, 0.6) is 11.5 Å². The fraction of sp³-hybridized carbons (Fsp3) is 0.0385. The van der Waals surface area contributed by atoms with Gasteiger partial charge in [0.05, 0.1) is 16.7 Å². The first-order valence-corrected chi connectivity index (χ1v) is 11.2. The zero-order chi connectivity index (χ0) is 24.8. The molecular formula is C26H17N3O5S. The Balaban J connectivity index is 1.47. The van der Waals surface area contributed by atoms with E-state index in [0.29, 0.717) is 22.7 Å². The van der Waals surface area contributed by atoms with E-state index in [4.69, 9.17) is 4.74 Å². The molecule has 0 bridgehead atoms. The largest absolute Gasteiger partial charge is 0.455 e. The summed E-state index contributed by atoms with van der Waals surface area (Å²) in [5.74, 6) is -2.61. The number of benzene rings is 3. The SMILES string of the molecule is N#CC(C(=O)Nc1ccccc1Oc1ccccc1)C(=O)c1ccc(/C=C2/SC(=O)NC2=O)cc1. The number of anilines is 1. The van der Waals surface area contributed by atoms with Crippen LogP contribution in [0.4, 0.5) is 10.5 Å². The summed E-state index contributed by atoms with van der Waals surface area (Å²) >= 11 is 0.782. The van der Waals surface area contributed by atoms with Gasteiger partial charge in [-0.05, 0) is 47.7 Å². The highest BCUT2D eigenvalue weighted by Gasteiger charge is 2.29. The third-order valence-corrected chi connectivity index (χ3v) is 5.72. The van der Waals surface area contributed by atoms with Gasteiger partial charge in [-0.1, -0.05) is 54.6 Å². The van der Waals surface area contributed by atoms with Gasteiger partial charge in [-0.25, -0.2) is 0 Å². The van der Waals surface area contributed by atoms with Crippen LogP contribution in [0, 0.1) is 17.2 Å². The molecule has 2 N–H and O–H groups in total. The first-order valence-electron chi connectivity index (χ1n) is 10.4. The zero-order valence-corrected chi connectivity index (χ0v) is 18.9. The van der Waals surface area contributed by atoms with Gasteiger partial charge in [0.2, 0.25) is 5.91 Å². The smallest absolute Gasteiger partial charge is 0.290 e. The van der Waals surface area contributed by atoms with Crippen molar-refractivity contribution < 1.29 is 23.9 Å². The van der Waals surface area contributed by atoms with E-state index in [9.17, 15) is 24.4 Å². The lowest BCUT2D eigenvalue weighted by Gasteiger charge is -2.14. The van der Waals surface area contributed by atoms with Crippen molar-refractivity contribution in [3.05, 3.63) is 94.9 Å². The lowest BCUT2D eigenvalue weighted by atomic mass is 9.97. The Morgan fingerprint density at radius 2 is 1.66 bits per heavy atom. The van der Waals surface area contributed by atoms with Gasteiger partial charge in [-0.2, -0.15) is 5.26 Å². The fourth-order valence-electron chi connectivity index (χ4n) is 3.20. The van der Waals surface area contributed by atoms with Gasteiger partial charge in [0, 0.05) is 5.56 Å². The molecule has 3 aromatic rings. The molecule has 3 amide bonds. The summed E-state index contributed by atoms with van der Waals surface area (Å²) < 4.78 is 5.81. The number of ketones is 1. The maximum atomic E-state index is 12.9. The normalized spacial score (nSPS) is 14.7. The summed E-state index contributed by atoms with van der Waals surface area (Å²) in [7, 11) is 0. The number of para-hydroxylation sites is 3. The summed E-state index contributed by atoms with van der Waals surface area (Å²) in [6, 6.07) is 23.5. The number of carbonyl (C=O) groups excluding carboxylic acids is 4. The number of hydrogen-bond acceptors (Lipinski definition) is 7. The van der Waals surface area contributed by atoms with Crippen molar-refractivity contribution in [3.8, 4) is 17.6 Å². The Labute approximate surface area is 204 Å². The van der Waals surface area contributed by atoms with Crippen LogP contribution < -0.4 is 15.4 Å². The van der Waals surface area contributed by atoms with Crippen molar-refractivity contribution >= 4 is 46.4 Å². The third kappa shape index (κ3) is 5.63. The maximum Gasteiger partial charge on any atom is 0.290 e. The molecule has 0 spiro atoms. The lowest BCUT2D eigenvalue weighted by Crippen LogP contribution is -2.28. The number of carbonyl (C=O) groups is 4. The highest BCUT2D eigenvalue weighted by molar-refractivity contribution is 8.18. The highest BCUT2D eigenvalue weighted by Crippen LogP contribution is 2.30. The molecule has 1 saturated heterocycles. The number of amides is 3. The second-order valence-corrected chi connectivity index (χ2v) is 8.32. The summed E-state index contributed by atoms with van der Waals surface area (Å²) in [4.78, 5) is 48.9. The van der Waals surface area contributed by atoms with Crippen LogP contribution in [0.2, 0.25) is 0 Å². The second kappa shape index (κ2) is 10.5. The van der Waals surface area contributed by atoms with Gasteiger partial charge in [0.15, 0.2) is 17.5 Å². The monoisotopic (exact) mass is 483 g/mol. The van der Waals surface area contributed by atoms with Crippen LogP contribution in [0.25, 0.3) is 6.08 Å². The van der Waals surface area contributed by atoms with E-state index in [1.165, 1.54) is 18.2 Å². The number of rotatable bonds is 7. The van der Waals surface area contributed by atoms with E-state index in [0.717, 1.165) is 11.8 Å². The molecule has 0 aliphatic carbocycles. The Morgan fingerprint density at radius 1 is 0.971 bits per heavy atom. The van der Waals surface area contributed by atoms with Crippen molar-refractivity contribution in [1.82, 2.24) is 5.32 Å². The number of nitrogens with zero attached hydrogens (tertiary/aromatic N) is 1. The van der Waals surface area contributed by atoms with Crippen molar-refractivity contribution in [2.24, 2.45) is 5.92 Å². The van der Waals surface area contributed by atoms with Crippen molar-refractivity contribution in [1.29, 1.82) is 5.26 Å². The topological polar surface area (TPSA) is 125 Å². The molecule has 1 fully saturated rings. The molecule has 1 unspecified atom stereocenters. The van der Waals surface area contributed by atoms with Crippen LogP contribution in [0.15, 0.2) is 83.8 Å². The van der Waals surface area contributed by atoms with Crippen molar-refractivity contribution in [2.45, 2.75) is 0 Å². The number of nitrogens with one attached hydrogen (secondary N) is 2. The van der Waals surface area contributed by atoms with Gasteiger partial charge in [-0.3, -0.25) is 24.5 Å². The zero-order valence-electron chi connectivity index (χ0n) is 18.1. The average Bonchev–Trinajstić information content (AvgIpc) is 3.18. The predicted molar refractivity (Wildman–Crippen MR) is 131 cm³/mol. The average molecular weight is 484 g/mol. The Morgan fingerprint density at radius 3 is 2.31 bits per heavy atom. The molecule has 1 aliphatic rings. The third-order valence-electron chi connectivity index (χ3n) is 4.90. The molecule has 8 nitrogen and oxygen atoms in total. The molecule has 4 rings (SSSR count). The summed E-state index contributed by atoms with van der Waals surface area (Å²) in [6.45, 7) is 0. The fourth-order valence-corrected chi connectivity index (χ4v) is 3.88. The summed E-state index contributed by atoms with van der Waals surface area (Å²) in [5, 5.41) is 13.9. The number of hydrogen-bond donors (Lipinski definition) is 2. The Kier molecular flexibility index (Phi) is 7.04. The molecule has 3 aromatic carbocycles. The molecule has 1 aliphatic heterocycles. The molecular weight excluding hydrogens is 466 g/mol. The molecule has 172 valence electrons. The lowest BCUT2D eigenvalue weighted by molar-refractivity contribution is -0.117. The highest BCUT2D eigenvalue weighted by atomic mass is 32.2. The standard InChI is InChI=1S/C26H17N3O5S/c27-15-19(23(30)17-12-10-16(11-13-17)14-22-25(32)29-26(33)35-22)24(31)28-20-8-4-5-9-21(20)34-18-6-2-1-3-7-18/h1-14,19H,(H,28,31)(H,29,32,33)/b22-14+. The van der Waals surface area contributed by atoms with E-state index in [1.54, 1.807) is 54.6 Å². The molecule has 0 saturated carbocycles. The second-order valence-electron chi connectivity index (χ2n) is 7.30. The number of ether oxygens (including phenoxy) is 1.